The number of aliphatic carboxylic acids is 1. The Morgan fingerprint density at radius 2 is 2.22 bits per heavy atom. The fourth-order valence-corrected chi connectivity index (χ4v) is 1.94. The topological polar surface area (TPSA) is 49.3 Å². The van der Waals surface area contributed by atoms with Gasteiger partial charge in [-0.2, -0.15) is 0 Å². The average molecular weight is 249 g/mol. The van der Waals surface area contributed by atoms with Crippen LogP contribution >= 0.6 is 0 Å². The van der Waals surface area contributed by atoms with E-state index in [1.165, 1.54) is 11.1 Å². The number of carbonyl (C=O) groups is 1. The Bertz CT molecular complexity index is 377. The lowest BCUT2D eigenvalue weighted by molar-refractivity contribution is -0.137. The Balaban J connectivity index is 2.17. The van der Waals surface area contributed by atoms with Crippen molar-refractivity contribution in [2.45, 2.75) is 45.6 Å². The van der Waals surface area contributed by atoms with Crippen LogP contribution in [0.2, 0.25) is 0 Å². The van der Waals surface area contributed by atoms with E-state index in [-0.39, 0.29) is 6.42 Å². The summed E-state index contributed by atoms with van der Waals surface area (Å²) in [6.45, 7) is 5.04. The maximum absolute atomic E-state index is 10.4. The molecule has 0 spiro atoms. The van der Waals surface area contributed by atoms with Gasteiger partial charge in [-0.05, 0) is 45.2 Å². The number of benzene rings is 1. The van der Waals surface area contributed by atoms with E-state index in [0.29, 0.717) is 12.5 Å². The monoisotopic (exact) mass is 249 g/mol. The van der Waals surface area contributed by atoms with Crippen LogP contribution in [0, 0.1) is 6.92 Å². The lowest BCUT2D eigenvalue weighted by Gasteiger charge is -2.13. The third-order valence-corrected chi connectivity index (χ3v) is 3.01. The van der Waals surface area contributed by atoms with Crippen LogP contribution in [0.15, 0.2) is 24.3 Å². The number of hydrogen-bond acceptors (Lipinski definition) is 2. The Morgan fingerprint density at radius 1 is 1.44 bits per heavy atom. The second-order valence-corrected chi connectivity index (χ2v) is 4.88. The second kappa shape index (κ2) is 7.88. The van der Waals surface area contributed by atoms with Gasteiger partial charge in [0, 0.05) is 12.5 Å². The maximum Gasteiger partial charge on any atom is 0.303 e. The van der Waals surface area contributed by atoms with Crippen molar-refractivity contribution in [3.8, 4) is 0 Å². The molecule has 0 saturated heterocycles. The van der Waals surface area contributed by atoms with Crippen molar-refractivity contribution in [1.29, 1.82) is 0 Å². The predicted octanol–water partition coefficient (Wildman–Crippen LogP) is 2.77. The molecule has 1 unspecified atom stereocenters. The fraction of sp³-hybridized carbons (Fsp3) is 0.533. The summed E-state index contributed by atoms with van der Waals surface area (Å²) in [5, 5.41) is 11.9. The van der Waals surface area contributed by atoms with Crippen molar-refractivity contribution in [3.05, 3.63) is 35.4 Å². The van der Waals surface area contributed by atoms with E-state index in [0.717, 1.165) is 19.4 Å². The minimum atomic E-state index is -0.718. The smallest absolute Gasteiger partial charge is 0.303 e. The highest BCUT2D eigenvalue weighted by atomic mass is 16.4. The molecule has 0 heterocycles. The van der Waals surface area contributed by atoms with Crippen molar-refractivity contribution in [1.82, 2.24) is 5.32 Å². The van der Waals surface area contributed by atoms with E-state index in [2.05, 4.69) is 43.4 Å². The minimum absolute atomic E-state index is 0.248. The molecule has 100 valence electrons. The van der Waals surface area contributed by atoms with Crippen LogP contribution in [0.1, 0.15) is 37.3 Å². The molecule has 0 amide bonds. The molecule has 0 saturated carbocycles. The van der Waals surface area contributed by atoms with E-state index >= 15 is 0 Å². The zero-order valence-electron chi connectivity index (χ0n) is 11.3. The molecule has 18 heavy (non-hydrogen) atoms. The molecule has 0 aliphatic heterocycles. The average Bonchev–Trinajstić information content (AvgIpc) is 2.32. The van der Waals surface area contributed by atoms with Crippen molar-refractivity contribution >= 4 is 5.97 Å². The van der Waals surface area contributed by atoms with Gasteiger partial charge in [0.15, 0.2) is 0 Å². The molecule has 0 aromatic heterocycles. The quantitative estimate of drug-likeness (QED) is 0.696. The first kappa shape index (κ1) is 14.7. The highest BCUT2D eigenvalue weighted by Crippen LogP contribution is 2.08. The summed E-state index contributed by atoms with van der Waals surface area (Å²) in [6, 6.07) is 9.01. The van der Waals surface area contributed by atoms with Gasteiger partial charge < -0.3 is 10.4 Å². The molecule has 0 bridgehead atoms. The molecule has 1 aromatic rings. The van der Waals surface area contributed by atoms with E-state index in [4.69, 9.17) is 5.11 Å². The highest BCUT2D eigenvalue weighted by Gasteiger charge is 2.03. The molecule has 0 radical (unpaired) electrons. The van der Waals surface area contributed by atoms with Crippen molar-refractivity contribution in [2.24, 2.45) is 0 Å². The van der Waals surface area contributed by atoms with Crippen LogP contribution in [0.4, 0.5) is 0 Å². The number of nitrogens with one attached hydrogen (secondary N) is 1. The number of carboxylic acid groups (broad SMARTS) is 1. The highest BCUT2D eigenvalue weighted by molar-refractivity contribution is 5.66. The molecule has 1 rings (SSSR count). The van der Waals surface area contributed by atoms with Crippen molar-refractivity contribution < 1.29 is 9.90 Å². The summed E-state index contributed by atoms with van der Waals surface area (Å²) in [4.78, 5) is 10.4. The number of hydrogen-bond donors (Lipinski definition) is 2. The molecular weight excluding hydrogens is 226 g/mol. The van der Waals surface area contributed by atoms with Gasteiger partial charge in [0.25, 0.3) is 0 Å². The first-order valence-corrected chi connectivity index (χ1v) is 6.58. The minimum Gasteiger partial charge on any atom is -0.481 e. The third kappa shape index (κ3) is 6.40. The van der Waals surface area contributed by atoms with E-state index in [1.807, 2.05) is 0 Å². The standard InChI is InChI=1S/C15H23NO2/c1-12-5-3-6-14(11-12)9-8-13(2)16-10-4-7-15(17)18/h3,5-6,11,13,16H,4,7-10H2,1-2H3,(H,17,18). The second-order valence-electron chi connectivity index (χ2n) is 4.88. The number of rotatable bonds is 8. The molecule has 2 N–H and O–H groups in total. The summed E-state index contributed by atoms with van der Waals surface area (Å²) >= 11 is 0. The Morgan fingerprint density at radius 3 is 2.89 bits per heavy atom. The molecule has 0 aliphatic carbocycles. The Hall–Kier alpha value is -1.35. The zero-order valence-corrected chi connectivity index (χ0v) is 11.3. The van der Waals surface area contributed by atoms with Gasteiger partial charge in [0.2, 0.25) is 0 Å². The first-order chi connectivity index (χ1) is 8.58. The van der Waals surface area contributed by atoms with Crippen LogP contribution in [0.3, 0.4) is 0 Å². The molecule has 1 atom stereocenters. The molecular formula is C15H23NO2. The first-order valence-electron chi connectivity index (χ1n) is 6.58. The maximum atomic E-state index is 10.4. The molecule has 0 fully saturated rings. The van der Waals surface area contributed by atoms with Gasteiger partial charge in [-0.15, -0.1) is 0 Å². The van der Waals surface area contributed by atoms with E-state index in [1.54, 1.807) is 0 Å². The molecule has 1 aromatic carbocycles. The molecule has 3 nitrogen and oxygen atoms in total. The summed E-state index contributed by atoms with van der Waals surface area (Å²) in [5.41, 5.74) is 2.67. The van der Waals surface area contributed by atoms with E-state index < -0.39 is 5.97 Å². The SMILES string of the molecule is Cc1cccc(CCC(C)NCCCC(=O)O)c1. The summed E-state index contributed by atoms with van der Waals surface area (Å²) in [5.74, 6) is -0.718. The summed E-state index contributed by atoms with van der Waals surface area (Å²) < 4.78 is 0. The summed E-state index contributed by atoms with van der Waals surface area (Å²) in [6.07, 6.45) is 3.09. The van der Waals surface area contributed by atoms with Crippen LogP contribution in [0.5, 0.6) is 0 Å². The Labute approximate surface area is 109 Å². The van der Waals surface area contributed by atoms with E-state index in [9.17, 15) is 4.79 Å². The van der Waals surface area contributed by atoms with Gasteiger partial charge in [-0.1, -0.05) is 29.8 Å². The number of carboxylic acids is 1. The lowest BCUT2D eigenvalue weighted by Crippen LogP contribution is -2.27. The zero-order chi connectivity index (χ0) is 13.4. The van der Waals surface area contributed by atoms with Gasteiger partial charge in [-0.3, -0.25) is 4.79 Å². The van der Waals surface area contributed by atoms with Gasteiger partial charge in [0.1, 0.15) is 0 Å². The molecule has 3 heteroatoms. The third-order valence-electron chi connectivity index (χ3n) is 3.01. The predicted molar refractivity (Wildman–Crippen MR) is 73.8 cm³/mol. The summed E-state index contributed by atoms with van der Waals surface area (Å²) in [7, 11) is 0. The molecule has 0 aliphatic rings. The van der Waals surface area contributed by atoms with Crippen LogP contribution in [-0.4, -0.2) is 23.7 Å². The van der Waals surface area contributed by atoms with Crippen molar-refractivity contribution in [3.63, 3.8) is 0 Å². The number of aryl methyl sites for hydroxylation is 2. The van der Waals surface area contributed by atoms with Gasteiger partial charge >= 0.3 is 5.97 Å². The van der Waals surface area contributed by atoms with Crippen molar-refractivity contribution in [2.75, 3.05) is 6.54 Å². The van der Waals surface area contributed by atoms with Crippen LogP contribution in [0.25, 0.3) is 0 Å². The normalized spacial score (nSPS) is 12.3. The van der Waals surface area contributed by atoms with Crippen LogP contribution in [-0.2, 0) is 11.2 Å². The fourth-order valence-electron chi connectivity index (χ4n) is 1.94. The largest absolute Gasteiger partial charge is 0.481 e. The lowest BCUT2D eigenvalue weighted by atomic mass is 10.0. The van der Waals surface area contributed by atoms with Crippen LogP contribution < -0.4 is 5.32 Å². The van der Waals surface area contributed by atoms with Gasteiger partial charge in [0.05, 0.1) is 0 Å². The van der Waals surface area contributed by atoms with Gasteiger partial charge in [-0.25, -0.2) is 0 Å². The Kier molecular flexibility index (Phi) is 6.44.